The summed E-state index contributed by atoms with van der Waals surface area (Å²) in [6.45, 7) is 7.00. The molecule has 20 heavy (non-hydrogen) atoms. The number of aryl methyl sites for hydroxylation is 1. The molecule has 0 saturated heterocycles. The van der Waals surface area contributed by atoms with E-state index in [2.05, 4.69) is 67.3 Å². The lowest BCUT2D eigenvalue weighted by Crippen LogP contribution is -2.22. The molecular formula is C18H24N2. The Balaban J connectivity index is 2.09. The monoisotopic (exact) mass is 268 g/mol. The zero-order chi connectivity index (χ0) is 14.4. The molecule has 106 valence electrons. The summed E-state index contributed by atoms with van der Waals surface area (Å²) in [4.78, 5) is 2.39. The SMILES string of the molecule is CCN(Cc1ccc(CCN)cc1)c1cccc(C)c1. The summed E-state index contributed by atoms with van der Waals surface area (Å²) in [6.07, 6.45) is 0.954. The predicted molar refractivity (Wildman–Crippen MR) is 87.1 cm³/mol. The lowest BCUT2D eigenvalue weighted by atomic mass is 10.1. The van der Waals surface area contributed by atoms with Crippen molar-refractivity contribution in [2.24, 2.45) is 5.73 Å². The number of nitrogens with two attached hydrogens (primary N) is 1. The van der Waals surface area contributed by atoms with Gasteiger partial charge in [0.05, 0.1) is 0 Å². The van der Waals surface area contributed by atoms with Gasteiger partial charge in [0.15, 0.2) is 0 Å². The number of hydrogen-bond acceptors (Lipinski definition) is 2. The van der Waals surface area contributed by atoms with Crippen molar-refractivity contribution in [3.05, 3.63) is 65.2 Å². The van der Waals surface area contributed by atoms with Crippen LogP contribution in [-0.4, -0.2) is 13.1 Å². The van der Waals surface area contributed by atoms with Gasteiger partial charge in [-0.25, -0.2) is 0 Å². The van der Waals surface area contributed by atoms with Crippen molar-refractivity contribution < 1.29 is 0 Å². The van der Waals surface area contributed by atoms with Gasteiger partial charge in [-0.1, -0.05) is 36.4 Å². The summed E-state index contributed by atoms with van der Waals surface area (Å²) in [5.74, 6) is 0. The van der Waals surface area contributed by atoms with E-state index in [0.29, 0.717) is 6.54 Å². The Labute approximate surface area is 122 Å². The molecule has 0 atom stereocenters. The fourth-order valence-electron chi connectivity index (χ4n) is 2.41. The van der Waals surface area contributed by atoms with Gasteiger partial charge >= 0.3 is 0 Å². The van der Waals surface area contributed by atoms with Crippen molar-refractivity contribution in [2.75, 3.05) is 18.0 Å². The fourth-order valence-corrected chi connectivity index (χ4v) is 2.41. The van der Waals surface area contributed by atoms with E-state index in [1.165, 1.54) is 22.4 Å². The van der Waals surface area contributed by atoms with Crippen LogP contribution >= 0.6 is 0 Å². The minimum atomic E-state index is 0.712. The van der Waals surface area contributed by atoms with Crippen LogP contribution in [0.25, 0.3) is 0 Å². The molecule has 0 spiro atoms. The van der Waals surface area contributed by atoms with E-state index in [1.54, 1.807) is 0 Å². The number of hydrogen-bond donors (Lipinski definition) is 1. The van der Waals surface area contributed by atoms with Crippen LogP contribution < -0.4 is 10.6 Å². The Morgan fingerprint density at radius 1 is 1.00 bits per heavy atom. The van der Waals surface area contributed by atoms with Crippen LogP contribution in [0.2, 0.25) is 0 Å². The van der Waals surface area contributed by atoms with Gasteiger partial charge in [0.2, 0.25) is 0 Å². The summed E-state index contributed by atoms with van der Waals surface area (Å²) in [5, 5.41) is 0. The maximum Gasteiger partial charge on any atom is 0.0429 e. The summed E-state index contributed by atoms with van der Waals surface area (Å²) < 4.78 is 0. The highest BCUT2D eigenvalue weighted by atomic mass is 15.1. The third-order valence-corrected chi connectivity index (χ3v) is 3.58. The van der Waals surface area contributed by atoms with Crippen LogP contribution in [0.4, 0.5) is 5.69 Å². The molecule has 2 N–H and O–H groups in total. The average Bonchev–Trinajstić information content (AvgIpc) is 2.47. The topological polar surface area (TPSA) is 29.3 Å². The van der Waals surface area contributed by atoms with Gasteiger partial charge in [-0.15, -0.1) is 0 Å². The highest BCUT2D eigenvalue weighted by molar-refractivity contribution is 5.48. The second kappa shape index (κ2) is 7.11. The molecule has 0 aliphatic carbocycles. The first-order chi connectivity index (χ1) is 9.72. The molecule has 0 aromatic heterocycles. The Bertz CT molecular complexity index is 531. The number of anilines is 1. The van der Waals surface area contributed by atoms with Crippen LogP contribution in [0.5, 0.6) is 0 Å². The molecule has 0 fully saturated rings. The predicted octanol–water partition coefficient (Wildman–Crippen LogP) is 3.52. The number of benzene rings is 2. The minimum Gasteiger partial charge on any atom is -0.367 e. The van der Waals surface area contributed by atoms with Crippen molar-refractivity contribution >= 4 is 5.69 Å². The van der Waals surface area contributed by atoms with E-state index in [0.717, 1.165) is 19.5 Å². The van der Waals surface area contributed by atoms with Gasteiger partial charge in [0.25, 0.3) is 0 Å². The lowest BCUT2D eigenvalue weighted by Gasteiger charge is -2.23. The quantitative estimate of drug-likeness (QED) is 0.868. The van der Waals surface area contributed by atoms with Gasteiger partial charge in [0.1, 0.15) is 0 Å². The summed E-state index contributed by atoms with van der Waals surface area (Å²) in [5.41, 5.74) is 10.8. The lowest BCUT2D eigenvalue weighted by molar-refractivity contribution is 0.830. The second-order valence-corrected chi connectivity index (χ2v) is 5.21. The fraction of sp³-hybridized carbons (Fsp3) is 0.333. The highest BCUT2D eigenvalue weighted by Crippen LogP contribution is 2.18. The first kappa shape index (κ1) is 14.6. The van der Waals surface area contributed by atoms with Crippen LogP contribution in [0, 0.1) is 6.92 Å². The van der Waals surface area contributed by atoms with Crippen molar-refractivity contribution in [1.82, 2.24) is 0 Å². The summed E-state index contributed by atoms with van der Waals surface area (Å²) >= 11 is 0. The van der Waals surface area contributed by atoms with E-state index >= 15 is 0 Å². The number of nitrogens with zero attached hydrogens (tertiary/aromatic N) is 1. The van der Waals surface area contributed by atoms with Crippen molar-refractivity contribution in [3.63, 3.8) is 0 Å². The van der Waals surface area contributed by atoms with Gasteiger partial charge in [-0.2, -0.15) is 0 Å². The summed E-state index contributed by atoms with van der Waals surface area (Å²) in [7, 11) is 0. The summed E-state index contributed by atoms with van der Waals surface area (Å²) in [6, 6.07) is 17.5. The van der Waals surface area contributed by atoms with Gasteiger partial charge < -0.3 is 10.6 Å². The molecule has 2 heteroatoms. The van der Waals surface area contributed by atoms with Crippen LogP contribution in [0.15, 0.2) is 48.5 Å². The van der Waals surface area contributed by atoms with E-state index in [9.17, 15) is 0 Å². The molecule has 2 nitrogen and oxygen atoms in total. The minimum absolute atomic E-state index is 0.712. The normalized spacial score (nSPS) is 10.6. The molecule has 2 aromatic carbocycles. The van der Waals surface area contributed by atoms with Gasteiger partial charge in [0, 0.05) is 18.8 Å². The van der Waals surface area contributed by atoms with Crippen molar-refractivity contribution in [2.45, 2.75) is 26.8 Å². The van der Waals surface area contributed by atoms with Crippen LogP contribution in [0.1, 0.15) is 23.6 Å². The van der Waals surface area contributed by atoms with E-state index in [-0.39, 0.29) is 0 Å². The van der Waals surface area contributed by atoms with Crippen molar-refractivity contribution in [1.29, 1.82) is 0 Å². The van der Waals surface area contributed by atoms with Crippen LogP contribution in [-0.2, 0) is 13.0 Å². The Hall–Kier alpha value is -1.80. The standard InChI is InChI=1S/C18H24N2/c1-3-20(18-6-4-5-15(2)13-18)14-17-9-7-16(8-10-17)11-12-19/h4-10,13H,3,11-12,14,19H2,1-2H3. The maximum atomic E-state index is 5.58. The molecule has 0 aliphatic rings. The van der Waals surface area contributed by atoms with Gasteiger partial charge in [-0.05, 0) is 55.6 Å². The Morgan fingerprint density at radius 3 is 2.30 bits per heavy atom. The Morgan fingerprint density at radius 2 is 1.70 bits per heavy atom. The maximum absolute atomic E-state index is 5.58. The van der Waals surface area contributed by atoms with Crippen molar-refractivity contribution in [3.8, 4) is 0 Å². The van der Waals surface area contributed by atoms with E-state index < -0.39 is 0 Å². The average molecular weight is 268 g/mol. The first-order valence-electron chi connectivity index (χ1n) is 7.32. The third-order valence-electron chi connectivity index (χ3n) is 3.58. The zero-order valence-corrected chi connectivity index (χ0v) is 12.5. The van der Waals surface area contributed by atoms with Crippen LogP contribution in [0.3, 0.4) is 0 Å². The molecule has 0 heterocycles. The van der Waals surface area contributed by atoms with Gasteiger partial charge in [-0.3, -0.25) is 0 Å². The molecule has 0 bridgehead atoms. The molecule has 0 unspecified atom stereocenters. The largest absolute Gasteiger partial charge is 0.367 e. The molecule has 0 saturated carbocycles. The smallest absolute Gasteiger partial charge is 0.0429 e. The third kappa shape index (κ3) is 3.84. The molecular weight excluding hydrogens is 244 g/mol. The molecule has 2 aromatic rings. The van der Waals surface area contributed by atoms with E-state index in [1.807, 2.05) is 0 Å². The Kier molecular flexibility index (Phi) is 5.19. The van der Waals surface area contributed by atoms with E-state index in [4.69, 9.17) is 5.73 Å². The molecule has 2 rings (SSSR count). The molecule has 0 radical (unpaired) electrons. The first-order valence-corrected chi connectivity index (χ1v) is 7.32. The molecule has 0 aliphatic heterocycles. The highest BCUT2D eigenvalue weighted by Gasteiger charge is 2.05. The zero-order valence-electron chi connectivity index (χ0n) is 12.5. The second-order valence-electron chi connectivity index (χ2n) is 5.21. The molecule has 0 amide bonds. The number of rotatable bonds is 6.